The molecule has 2 aromatic rings. The number of aromatic nitrogens is 2. The predicted octanol–water partition coefficient (Wildman–Crippen LogP) is 2.29. The molecule has 20 heavy (non-hydrogen) atoms. The van der Waals surface area contributed by atoms with E-state index in [1.165, 1.54) is 10.7 Å². The van der Waals surface area contributed by atoms with Gasteiger partial charge < -0.3 is 5.32 Å². The number of halogens is 1. The SMILES string of the molecule is Cc1cc(C)n(-c2ccc(C(=O)NCCS)cc2F)n1. The lowest BCUT2D eigenvalue weighted by atomic mass is 10.2. The lowest BCUT2D eigenvalue weighted by Crippen LogP contribution is -2.25. The van der Waals surface area contributed by atoms with Crippen LogP contribution in [0.25, 0.3) is 5.69 Å². The van der Waals surface area contributed by atoms with Crippen molar-refractivity contribution >= 4 is 18.5 Å². The average Bonchev–Trinajstić information content (AvgIpc) is 2.74. The Balaban J connectivity index is 2.31. The topological polar surface area (TPSA) is 46.9 Å². The van der Waals surface area contributed by atoms with Crippen molar-refractivity contribution in [2.75, 3.05) is 12.3 Å². The number of thiol groups is 1. The highest BCUT2D eigenvalue weighted by Crippen LogP contribution is 2.17. The minimum absolute atomic E-state index is 0.287. The number of benzene rings is 1. The standard InChI is InChI=1S/C14H16FN3OS/c1-9-7-10(2)18(17-9)13-4-3-11(8-12(13)15)14(19)16-5-6-20/h3-4,7-8,20H,5-6H2,1-2H3,(H,16,19). The molecule has 106 valence electrons. The summed E-state index contributed by atoms with van der Waals surface area (Å²) in [4.78, 5) is 11.7. The molecule has 0 saturated heterocycles. The van der Waals surface area contributed by atoms with Gasteiger partial charge in [-0.15, -0.1) is 0 Å². The van der Waals surface area contributed by atoms with Crippen LogP contribution in [0.1, 0.15) is 21.7 Å². The number of carbonyl (C=O) groups excluding carboxylic acids is 1. The fraction of sp³-hybridized carbons (Fsp3) is 0.286. The van der Waals surface area contributed by atoms with E-state index in [9.17, 15) is 9.18 Å². The van der Waals surface area contributed by atoms with Gasteiger partial charge in [0.1, 0.15) is 11.5 Å². The minimum Gasteiger partial charge on any atom is -0.351 e. The summed E-state index contributed by atoms with van der Waals surface area (Å²) >= 11 is 4.01. The van der Waals surface area contributed by atoms with Gasteiger partial charge >= 0.3 is 0 Å². The molecule has 4 nitrogen and oxygen atoms in total. The van der Waals surface area contributed by atoms with Crippen molar-refractivity contribution in [1.82, 2.24) is 15.1 Å². The number of carbonyl (C=O) groups is 1. The van der Waals surface area contributed by atoms with E-state index in [0.717, 1.165) is 11.4 Å². The van der Waals surface area contributed by atoms with E-state index in [1.807, 2.05) is 19.9 Å². The van der Waals surface area contributed by atoms with Crippen molar-refractivity contribution in [2.45, 2.75) is 13.8 Å². The van der Waals surface area contributed by atoms with E-state index < -0.39 is 5.82 Å². The normalized spacial score (nSPS) is 10.6. The molecule has 0 bridgehead atoms. The van der Waals surface area contributed by atoms with Crippen LogP contribution in [0.2, 0.25) is 0 Å². The maximum Gasteiger partial charge on any atom is 0.251 e. The smallest absolute Gasteiger partial charge is 0.251 e. The molecule has 0 aliphatic rings. The van der Waals surface area contributed by atoms with Gasteiger partial charge in [0.25, 0.3) is 5.91 Å². The zero-order valence-electron chi connectivity index (χ0n) is 11.4. The predicted molar refractivity (Wildman–Crippen MR) is 79.2 cm³/mol. The number of rotatable bonds is 4. The van der Waals surface area contributed by atoms with Crippen molar-refractivity contribution < 1.29 is 9.18 Å². The van der Waals surface area contributed by atoms with Crippen molar-refractivity contribution in [1.29, 1.82) is 0 Å². The third-order valence-electron chi connectivity index (χ3n) is 2.85. The molecule has 0 unspecified atom stereocenters. The van der Waals surface area contributed by atoms with Gasteiger partial charge in [-0.1, -0.05) is 0 Å². The van der Waals surface area contributed by atoms with Crippen LogP contribution in [0, 0.1) is 19.7 Å². The third-order valence-corrected chi connectivity index (χ3v) is 3.07. The monoisotopic (exact) mass is 293 g/mol. The minimum atomic E-state index is -0.477. The Bertz CT molecular complexity index is 639. The average molecular weight is 293 g/mol. The Labute approximate surface area is 122 Å². The van der Waals surface area contributed by atoms with Crippen molar-refractivity contribution in [3.8, 4) is 5.69 Å². The molecule has 1 heterocycles. The largest absolute Gasteiger partial charge is 0.351 e. The molecule has 6 heteroatoms. The van der Waals surface area contributed by atoms with E-state index in [4.69, 9.17) is 0 Å². The highest BCUT2D eigenvalue weighted by atomic mass is 32.1. The Hall–Kier alpha value is -1.82. The molecular weight excluding hydrogens is 277 g/mol. The van der Waals surface area contributed by atoms with Gasteiger partial charge in [0, 0.05) is 23.6 Å². The first kappa shape index (κ1) is 14.6. The van der Waals surface area contributed by atoms with E-state index in [0.29, 0.717) is 18.0 Å². The van der Waals surface area contributed by atoms with Crippen molar-refractivity contribution in [3.63, 3.8) is 0 Å². The summed E-state index contributed by atoms with van der Waals surface area (Å²) in [5.41, 5.74) is 2.28. The summed E-state index contributed by atoms with van der Waals surface area (Å²) in [7, 11) is 0. The highest BCUT2D eigenvalue weighted by Gasteiger charge is 2.12. The number of nitrogens with zero attached hydrogens (tertiary/aromatic N) is 2. The van der Waals surface area contributed by atoms with Gasteiger partial charge in [-0.2, -0.15) is 17.7 Å². The molecule has 1 aromatic carbocycles. The molecule has 0 aliphatic heterocycles. The fourth-order valence-electron chi connectivity index (χ4n) is 1.96. The van der Waals surface area contributed by atoms with Crippen LogP contribution >= 0.6 is 12.6 Å². The van der Waals surface area contributed by atoms with Gasteiger partial charge in [0.2, 0.25) is 0 Å². The Morgan fingerprint density at radius 3 is 2.70 bits per heavy atom. The first-order chi connectivity index (χ1) is 9.52. The lowest BCUT2D eigenvalue weighted by Gasteiger charge is -2.08. The lowest BCUT2D eigenvalue weighted by molar-refractivity contribution is 0.0955. The van der Waals surface area contributed by atoms with Crippen LogP contribution in [0.15, 0.2) is 24.3 Å². The molecule has 0 radical (unpaired) electrons. The zero-order chi connectivity index (χ0) is 14.7. The van der Waals surface area contributed by atoms with Crippen LogP contribution in [0.3, 0.4) is 0 Å². The maximum atomic E-state index is 14.2. The molecule has 1 amide bonds. The Morgan fingerprint density at radius 1 is 1.40 bits per heavy atom. The molecule has 2 rings (SSSR count). The molecule has 1 N–H and O–H groups in total. The van der Waals surface area contributed by atoms with Crippen LogP contribution in [0.4, 0.5) is 4.39 Å². The second kappa shape index (κ2) is 6.09. The first-order valence-corrected chi connectivity index (χ1v) is 6.88. The van der Waals surface area contributed by atoms with Crippen molar-refractivity contribution in [2.24, 2.45) is 0 Å². The highest BCUT2D eigenvalue weighted by molar-refractivity contribution is 7.80. The summed E-state index contributed by atoms with van der Waals surface area (Å²) in [6.07, 6.45) is 0. The Morgan fingerprint density at radius 2 is 2.15 bits per heavy atom. The van der Waals surface area contributed by atoms with Gasteiger partial charge in [0.05, 0.1) is 5.69 Å². The fourth-order valence-corrected chi connectivity index (χ4v) is 2.08. The quantitative estimate of drug-likeness (QED) is 0.850. The molecular formula is C14H16FN3OS. The maximum absolute atomic E-state index is 14.2. The summed E-state index contributed by atoms with van der Waals surface area (Å²) in [5.74, 6) is -0.245. The van der Waals surface area contributed by atoms with Crippen LogP contribution in [-0.4, -0.2) is 28.0 Å². The number of hydrogen-bond donors (Lipinski definition) is 2. The van der Waals surface area contributed by atoms with Gasteiger partial charge in [-0.05, 0) is 38.1 Å². The van der Waals surface area contributed by atoms with Crippen LogP contribution in [0.5, 0.6) is 0 Å². The van der Waals surface area contributed by atoms with Gasteiger partial charge in [0.15, 0.2) is 0 Å². The molecule has 0 spiro atoms. The van der Waals surface area contributed by atoms with Gasteiger partial charge in [-0.3, -0.25) is 4.79 Å². The van der Waals surface area contributed by atoms with E-state index >= 15 is 0 Å². The van der Waals surface area contributed by atoms with E-state index in [1.54, 1.807) is 12.1 Å². The second-order valence-corrected chi connectivity index (χ2v) is 4.93. The van der Waals surface area contributed by atoms with E-state index in [2.05, 4.69) is 23.0 Å². The number of hydrogen-bond acceptors (Lipinski definition) is 3. The van der Waals surface area contributed by atoms with E-state index in [-0.39, 0.29) is 11.5 Å². The number of aryl methyl sites for hydroxylation is 2. The van der Waals surface area contributed by atoms with Gasteiger partial charge in [-0.25, -0.2) is 9.07 Å². The molecule has 1 aromatic heterocycles. The summed E-state index contributed by atoms with van der Waals surface area (Å²) in [5, 5.41) is 6.88. The molecule has 0 saturated carbocycles. The molecule has 0 fully saturated rings. The summed E-state index contributed by atoms with van der Waals surface area (Å²) in [6.45, 7) is 4.15. The third kappa shape index (κ3) is 3.01. The zero-order valence-corrected chi connectivity index (χ0v) is 12.2. The van der Waals surface area contributed by atoms with Crippen LogP contribution < -0.4 is 5.32 Å². The van der Waals surface area contributed by atoms with Crippen molar-refractivity contribution in [3.05, 3.63) is 47.0 Å². The first-order valence-electron chi connectivity index (χ1n) is 6.25. The summed E-state index contributed by atoms with van der Waals surface area (Å²) < 4.78 is 15.7. The van der Waals surface area contributed by atoms with Crippen LogP contribution in [-0.2, 0) is 0 Å². The number of nitrogens with one attached hydrogen (secondary N) is 1. The summed E-state index contributed by atoms with van der Waals surface area (Å²) in [6, 6.07) is 6.24. The second-order valence-electron chi connectivity index (χ2n) is 4.48. The molecule has 0 atom stereocenters. The number of amides is 1. The molecule has 0 aliphatic carbocycles. The Kier molecular flexibility index (Phi) is 4.44.